The summed E-state index contributed by atoms with van der Waals surface area (Å²) in [5.74, 6) is -1.51. The number of esters is 3. The van der Waals surface area contributed by atoms with Gasteiger partial charge in [-0.1, -0.05) is 215 Å². The highest BCUT2D eigenvalue weighted by atomic mass is 31.2. The predicted molar refractivity (Wildman–Crippen MR) is 316 cm³/mol. The zero-order chi connectivity index (χ0) is 55.5. The number of allylic oxidation sites excluding steroid dienone is 14. The summed E-state index contributed by atoms with van der Waals surface area (Å²) < 4.78 is 39.6. The second kappa shape index (κ2) is 57.8. The highest BCUT2D eigenvalue weighted by Crippen LogP contribution is 2.43. The molecule has 0 aromatic carbocycles. The molecular weight excluding hydrogens is 976 g/mol. The van der Waals surface area contributed by atoms with Gasteiger partial charge in [0.05, 0.1) is 19.8 Å². The van der Waals surface area contributed by atoms with E-state index < -0.39 is 57.8 Å². The first-order valence-electron chi connectivity index (χ1n) is 30.5. The highest BCUT2D eigenvalue weighted by Gasteiger charge is 2.28. The van der Waals surface area contributed by atoms with Crippen LogP contribution in [0.15, 0.2) is 85.1 Å². The fourth-order valence-electron chi connectivity index (χ4n) is 8.14. The van der Waals surface area contributed by atoms with Crippen LogP contribution in [0.25, 0.3) is 0 Å². The maximum absolute atomic E-state index is 12.9. The number of carbonyl (C=O) groups is 3. The molecule has 0 aromatic heterocycles. The number of aliphatic hydroxyl groups is 1. The van der Waals surface area contributed by atoms with E-state index in [4.69, 9.17) is 23.3 Å². The van der Waals surface area contributed by atoms with E-state index in [9.17, 15) is 28.9 Å². The van der Waals surface area contributed by atoms with Crippen molar-refractivity contribution >= 4 is 25.7 Å². The molecular formula is C64H111O11P. The first kappa shape index (κ1) is 72.7. The molecule has 76 heavy (non-hydrogen) atoms. The van der Waals surface area contributed by atoms with Crippen LogP contribution in [0.2, 0.25) is 0 Å². The van der Waals surface area contributed by atoms with E-state index in [1.165, 1.54) is 96.3 Å². The number of hydrogen-bond acceptors (Lipinski definition) is 10. The monoisotopic (exact) mass is 1090 g/mol. The molecule has 2 N–H and O–H groups in total. The molecule has 0 aliphatic carbocycles. The Kier molecular flexibility index (Phi) is 55.3. The van der Waals surface area contributed by atoms with Gasteiger partial charge in [-0.2, -0.15) is 0 Å². The Morgan fingerprint density at radius 1 is 0.382 bits per heavy atom. The second-order valence-electron chi connectivity index (χ2n) is 20.1. The molecule has 0 fully saturated rings. The molecule has 11 nitrogen and oxygen atoms in total. The van der Waals surface area contributed by atoms with Gasteiger partial charge < -0.3 is 24.2 Å². The van der Waals surface area contributed by atoms with Crippen molar-refractivity contribution in [2.24, 2.45) is 0 Å². The molecule has 0 saturated heterocycles. The third-order valence-electron chi connectivity index (χ3n) is 12.8. The summed E-state index contributed by atoms with van der Waals surface area (Å²) in [5, 5.41) is 9.81. The number of ether oxygens (including phenoxy) is 3. The normalized spacial score (nSPS) is 13.9. The number of hydrogen-bond donors (Lipinski definition) is 2. The molecule has 3 unspecified atom stereocenters. The Morgan fingerprint density at radius 3 is 1.07 bits per heavy atom. The van der Waals surface area contributed by atoms with Crippen molar-refractivity contribution in [3.05, 3.63) is 85.1 Å². The van der Waals surface area contributed by atoms with Crippen LogP contribution in [-0.4, -0.2) is 66.5 Å². The quantitative estimate of drug-likeness (QED) is 0.0197. The van der Waals surface area contributed by atoms with Gasteiger partial charge in [-0.3, -0.25) is 23.4 Å². The van der Waals surface area contributed by atoms with Crippen molar-refractivity contribution in [2.75, 3.05) is 26.4 Å². The van der Waals surface area contributed by atoms with E-state index in [0.29, 0.717) is 19.3 Å². The summed E-state index contributed by atoms with van der Waals surface area (Å²) in [4.78, 5) is 48.6. The van der Waals surface area contributed by atoms with Gasteiger partial charge in [-0.05, 0) is 116 Å². The van der Waals surface area contributed by atoms with E-state index in [-0.39, 0.29) is 25.9 Å². The summed E-state index contributed by atoms with van der Waals surface area (Å²) in [7, 11) is -4.76. The molecule has 0 radical (unpaired) electrons. The van der Waals surface area contributed by atoms with Crippen LogP contribution >= 0.6 is 7.82 Å². The first-order chi connectivity index (χ1) is 37.2. The van der Waals surface area contributed by atoms with Crippen molar-refractivity contribution < 1.29 is 52.2 Å². The summed E-state index contributed by atoms with van der Waals surface area (Å²) in [6.07, 6.45) is 66.8. The Labute approximate surface area is 464 Å². The maximum Gasteiger partial charge on any atom is 0.472 e. The number of aliphatic hydroxyl groups excluding tert-OH is 1. The van der Waals surface area contributed by atoms with E-state index in [1.54, 1.807) is 0 Å². The fraction of sp³-hybridized carbons (Fsp3) is 0.734. The molecule has 0 aliphatic heterocycles. The number of carbonyl (C=O) groups excluding carboxylic acids is 3. The molecule has 0 rings (SSSR count). The molecule has 0 heterocycles. The van der Waals surface area contributed by atoms with E-state index in [2.05, 4.69) is 106 Å². The lowest BCUT2D eigenvalue weighted by molar-refractivity contribution is -0.161. The lowest BCUT2D eigenvalue weighted by Crippen LogP contribution is -2.30. The van der Waals surface area contributed by atoms with E-state index >= 15 is 0 Å². The number of phosphoric ester groups is 1. The third-order valence-corrected chi connectivity index (χ3v) is 13.7. The standard InChI is InChI=1S/C64H111O11P/c1-4-7-10-13-16-19-22-25-27-29-30-32-33-36-38-41-44-47-50-53-62(66)71-57-61(75-64(68)55-52-49-46-43-40-37-34-31-28-26-23-20-17-14-11-8-5-2)59-73-76(69,70)72-58-60(56-65)74-63(67)54-51-48-45-42-39-35-24-21-18-15-12-9-6-3/h9,12,16-21,25-28,35,39,60-61,65H,4-8,10-11,13-15,22-24,29-34,36-38,40-59H2,1-3H3,(H,69,70)/b12-9-,19-16-,20-17-,21-18-,27-25-,28-26-,39-35-. The van der Waals surface area contributed by atoms with Gasteiger partial charge in [-0.15, -0.1) is 0 Å². The molecule has 0 bridgehead atoms. The van der Waals surface area contributed by atoms with Gasteiger partial charge in [0.2, 0.25) is 0 Å². The second-order valence-corrected chi connectivity index (χ2v) is 21.6. The smallest absolute Gasteiger partial charge is 0.462 e. The topological polar surface area (TPSA) is 155 Å². The van der Waals surface area contributed by atoms with Crippen molar-refractivity contribution in [3.8, 4) is 0 Å². The first-order valence-corrected chi connectivity index (χ1v) is 32.0. The van der Waals surface area contributed by atoms with Gasteiger partial charge >= 0.3 is 25.7 Å². The van der Waals surface area contributed by atoms with E-state index in [1.807, 2.05) is 0 Å². The van der Waals surface area contributed by atoms with Gasteiger partial charge in [0, 0.05) is 19.3 Å². The molecule has 0 saturated carbocycles. The summed E-state index contributed by atoms with van der Waals surface area (Å²) in [6, 6.07) is 0. The zero-order valence-electron chi connectivity index (χ0n) is 48.5. The zero-order valence-corrected chi connectivity index (χ0v) is 49.3. The SMILES string of the molecule is CC/C=C\C/C=C\C/C=C\CCCCCC(=O)OC(CO)COP(=O)(O)OCC(COC(=O)CCCCCCCCCCC/C=C\C/C=C\CCCCC)OC(=O)CCCCCCCCC/C=C\C/C=C\CCCCC. The number of unbranched alkanes of at least 4 members (excludes halogenated alkanes) is 25. The van der Waals surface area contributed by atoms with Crippen LogP contribution in [0.5, 0.6) is 0 Å². The third kappa shape index (κ3) is 55.4. The average Bonchev–Trinajstić information content (AvgIpc) is 3.41. The fourth-order valence-corrected chi connectivity index (χ4v) is 8.92. The van der Waals surface area contributed by atoms with Gasteiger partial charge in [-0.25, -0.2) is 4.57 Å². The minimum Gasteiger partial charge on any atom is -0.462 e. The number of rotatable bonds is 56. The van der Waals surface area contributed by atoms with Gasteiger partial charge in [0.1, 0.15) is 12.7 Å². The predicted octanol–water partition coefficient (Wildman–Crippen LogP) is 18.3. The molecule has 438 valence electrons. The minimum atomic E-state index is -4.76. The molecule has 12 heteroatoms. The Morgan fingerprint density at radius 2 is 0.684 bits per heavy atom. The molecule has 3 atom stereocenters. The highest BCUT2D eigenvalue weighted by molar-refractivity contribution is 7.47. The minimum absolute atomic E-state index is 0.139. The van der Waals surface area contributed by atoms with Crippen LogP contribution in [-0.2, 0) is 42.2 Å². The summed E-state index contributed by atoms with van der Waals surface area (Å²) >= 11 is 0. The van der Waals surface area contributed by atoms with Gasteiger partial charge in [0.25, 0.3) is 0 Å². The van der Waals surface area contributed by atoms with Crippen LogP contribution < -0.4 is 0 Å². The lowest BCUT2D eigenvalue weighted by atomic mass is 10.1. The molecule has 0 aliphatic rings. The van der Waals surface area contributed by atoms with Crippen molar-refractivity contribution in [3.63, 3.8) is 0 Å². The van der Waals surface area contributed by atoms with Crippen LogP contribution in [0.1, 0.15) is 265 Å². The van der Waals surface area contributed by atoms with Crippen LogP contribution in [0.4, 0.5) is 0 Å². The molecule has 0 spiro atoms. The largest absolute Gasteiger partial charge is 0.472 e. The lowest BCUT2D eigenvalue weighted by Gasteiger charge is -2.21. The van der Waals surface area contributed by atoms with Crippen molar-refractivity contribution in [1.29, 1.82) is 0 Å². The number of phosphoric acid groups is 1. The Bertz CT molecular complexity index is 1600. The Hall–Kier alpha value is -3.34. The average molecular weight is 1090 g/mol. The maximum atomic E-state index is 12.9. The van der Waals surface area contributed by atoms with Crippen molar-refractivity contribution in [1.82, 2.24) is 0 Å². The van der Waals surface area contributed by atoms with Crippen LogP contribution in [0, 0.1) is 0 Å². The van der Waals surface area contributed by atoms with E-state index in [0.717, 1.165) is 109 Å². The van der Waals surface area contributed by atoms with Gasteiger partial charge in [0.15, 0.2) is 6.10 Å². The molecule has 0 amide bonds. The Balaban J connectivity index is 4.75. The summed E-state index contributed by atoms with van der Waals surface area (Å²) in [5.41, 5.74) is 0. The van der Waals surface area contributed by atoms with Crippen LogP contribution in [0.3, 0.4) is 0 Å². The summed E-state index contributed by atoms with van der Waals surface area (Å²) in [6.45, 7) is 4.45. The van der Waals surface area contributed by atoms with Crippen molar-refractivity contribution in [2.45, 2.75) is 277 Å². The molecule has 0 aromatic rings.